The zero-order valence-electron chi connectivity index (χ0n) is 36.5. The third kappa shape index (κ3) is 4.96. The van der Waals surface area contributed by atoms with Gasteiger partial charge in [-0.1, -0.05) is 130 Å². The highest BCUT2D eigenvalue weighted by atomic mass is 32.1. The number of thiophene rings is 2. The number of imidazole rings is 1. The highest BCUT2D eigenvalue weighted by Crippen LogP contribution is 2.50. The summed E-state index contributed by atoms with van der Waals surface area (Å²) in [7, 11) is 0. The highest BCUT2D eigenvalue weighted by molar-refractivity contribution is 7.26. The molecule has 0 spiro atoms. The largest absolute Gasteiger partial charge is 0.376 e. The van der Waals surface area contributed by atoms with Gasteiger partial charge in [0.05, 0.1) is 22.1 Å². The van der Waals surface area contributed by atoms with Crippen molar-refractivity contribution in [3.63, 3.8) is 0 Å². The molecule has 0 bridgehead atoms. The lowest BCUT2D eigenvalue weighted by Gasteiger charge is -2.42. The lowest BCUT2D eigenvalue weighted by atomic mass is 9.44. The monoisotopic (exact) mass is 878 g/mol. The summed E-state index contributed by atoms with van der Waals surface area (Å²) in [5.41, 5.74) is 16.9. The van der Waals surface area contributed by atoms with E-state index in [2.05, 4.69) is 217 Å². The number of hydrogen-bond donors (Lipinski definition) is 0. The summed E-state index contributed by atoms with van der Waals surface area (Å²) < 4.78 is 10.3. The molecular formula is C59H39BN4S2. The molecule has 7 heteroatoms. The summed E-state index contributed by atoms with van der Waals surface area (Å²) in [6, 6.07) is 68.3. The van der Waals surface area contributed by atoms with Gasteiger partial charge in [-0.2, -0.15) is 0 Å². The summed E-state index contributed by atoms with van der Waals surface area (Å²) in [5, 5.41) is 7.80. The first-order valence-electron chi connectivity index (χ1n) is 22.8. The number of rotatable bonds is 3. The molecule has 2 aliphatic rings. The van der Waals surface area contributed by atoms with Crippen LogP contribution in [0.1, 0.15) is 26.3 Å². The Kier molecular flexibility index (Phi) is 7.31. The van der Waals surface area contributed by atoms with Crippen LogP contribution in [0.2, 0.25) is 0 Å². The minimum absolute atomic E-state index is 0.0238. The van der Waals surface area contributed by atoms with Crippen molar-refractivity contribution in [2.45, 2.75) is 26.2 Å². The summed E-state index contributed by atoms with van der Waals surface area (Å²) in [4.78, 5) is 8.25. The van der Waals surface area contributed by atoms with E-state index in [1.165, 1.54) is 107 Å². The summed E-state index contributed by atoms with van der Waals surface area (Å²) in [6.07, 6.45) is 0. The van der Waals surface area contributed by atoms with E-state index in [-0.39, 0.29) is 12.3 Å². The molecule has 0 amide bonds. The van der Waals surface area contributed by atoms with Gasteiger partial charge in [-0.3, -0.25) is 4.57 Å². The second kappa shape index (κ2) is 13.1. The standard InChI is InChI=1S/C59H39BN4S2/c1-59(2,3)35-22-24-37(25-23-35)64-49-29-45-39-19-11-13-21-53(39)65-54(45)30-42(49)40-26-27-41-43-31-55-44(38-18-10-12-20-52(38)66-55)28-48(43)63-50-33-51-47(32-46(50)60(64)56(40)57(41)63)61-58(34-14-6-4-7-15-34)62(51)36-16-8-5-9-17-36/h4-33H,1-3H3. The first-order chi connectivity index (χ1) is 32.4. The van der Waals surface area contributed by atoms with Gasteiger partial charge in [0, 0.05) is 85.0 Å². The molecule has 0 fully saturated rings. The fraction of sp³-hybridized carbons (Fsp3) is 0.0678. The van der Waals surface area contributed by atoms with E-state index in [0.717, 1.165) is 28.1 Å². The Labute approximate surface area is 389 Å². The molecule has 4 aromatic heterocycles. The number of hydrogen-bond acceptors (Lipinski definition) is 4. The predicted molar refractivity (Wildman–Crippen MR) is 284 cm³/mol. The van der Waals surface area contributed by atoms with E-state index in [9.17, 15) is 0 Å². The van der Waals surface area contributed by atoms with Crippen LogP contribution in [0.25, 0.3) is 107 Å². The van der Waals surface area contributed by atoms with Crippen LogP contribution in [0.15, 0.2) is 182 Å². The number of para-hydroxylation sites is 1. The number of nitrogens with zero attached hydrogens (tertiary/aromatic N) is 4. The first kappa shape index (κ1) is 36.8. The molecule has 0 saturated carbocycles. The van der Waals surface area contributed by atoms with E-state index < -0.39 is 0 Å². The Bertz CT molecular complexity index is 4210. The molecule has 9 aromatic carbocycles. The molecule has 0 aliphatic carbocycles. The van der Waals surface area contributed by atoms with Crippen LogP contribution in [0, 0.1) is 0 Å². The molecule has 2 aliphatic heterocycles. The van der Waals surface area contributed by atoms with Crippen molar-refractivity contribution in [3.05, 3.63) is 188 Å². The van der Waals surface area contributed by atoms with E-state index in [1.54, 1.807) is 0 Å². The van der Waals surface area contributed by atoms with Crippen LogP contribution in [-0.4, -0.2) is 21.0 Å². The fourth-order valence-electron chi connectivity index (χ4n) is 11.4. The van der Waals surface area contributed by atoms with Gasteiger partial charge in [0.25, 0.3) is 0 Å². The minimum atomic E-state index is -0.140. The van der Waals surface area contributed by atoms with Gasteiger partial charge < -0.3 is 9.38 Å². The van der Waals surface area contributed by atoms with Crippen LogP contribution in [-0.2, 0) is 5.41 Å². The van der Waals surface area contributed by atoms with Crippen molar-refractivity contribution in [2.24, 2.45) is 0 Å². The second-order valence-corrected chi connectivity index (χ2v) is 21.3. The summed E-state index contributed by atoms with van der Waals surface area (Å²) in [6.45, 7) is 6.77. The third-order valence-electron chi connectivity index (χ3n) is 14.4. The number of aromatic nitrogens is 3. The third-order valence-corrected chi connectivity index (χ3v) is 16.7. The molecule has 13 aromatic rings. The molecule has 310 valence electrons. The molecule has 0 atom stereocenters. The van der Waals surface area contributed by atoms with Crippen molar-refractivity contribution >= 4 is 125 Å². The lowest BCUT2D eigenvalue weighted by molar-refractivity contribution is 0.590. The van der Waals surface area contributed by atoms with Crippen LogP contribution < -0.4 is 15.7 Å². The van der Waals surface area contributed by atoms with E-state index in [4.69, 9.17) is 4.98 Å². The first-order valence-corrected chi connectivity index (χ1v) is 24.4. The summed E-state index contributed by atoms with van der Waals surface area (Å²) >= 11 is 3.79. The Morgan fingerprint density at radius 2 is 1.14 bits per heavy atom. The quantitative estimate of drug-likeness (QED) is 0.165. The van der Waals surface area contributed by atoms with Crippen LogP contribution in [0.3, 0.4) is 0 Å². The molecule has 0 N–H and O–H groups in total. The summed E-state index contributed by atoms with van der Waals surface area (Å²) in [5.74, 6) is 0.932. The predicted octanol–water partition coefficient (Wildman–Crippen LogP) is 15.1. The zero-order valence-corrected chi connectivity index (χ0v) is 38.1. The van der Waals surface area contributed by atoms with Crippen LogP contribution >= 0.6 is 22.7 Å². The van der Waals surface area contributed by atoms with Gasteiger partial charge in [0.1, 0.15) is 5.82 Å². The van der Waals surface area contributed by atoms with Gasteiger partial charge in [0.2, 0.25) is 0 Å². The maximum atomic E-state index is 5.59. The number of benzene rings is 9. The van der Waals surface area contributed by atoms with Crippen molar-refractivity contribution in [3.8, 4) is 33.9 Å². The van der Waals surface area contributed by atoms with Gasteiger partial charge in [0.15, 0.2) is 0 Å². The average Bonchev–Trinajstić information content (AvgIpc) is 4.10. The van der Waals surface area contributed by atoms with Crippen LogP contribution in [0.5, 0.6) is 0 Å². The number of anilines is 2. The molecular weight excluding hydrogens is 840 g/mol. The molecule has 0 radical (unpaired) electrons. The Balaban J connectivity index is 1.12. The molecule has 0 saturated heterocycles. The maximum absolute atomic E-state index is 5.59. The van der Waals surface area contributed by atoms with Crippen molar-refractivity contribution in [2.75, 3.05) is 4.81 Å². The Morgan fingerprint density at radius 3 is 1.86 bits per heavy atom. The average molecular weight is 879 g/mol. The highest BCUT2D eigenvalue weighted by Gasteiger charge is 2.45. The Morgan fingerprint density at radius 1 is 0.470 bits per heavy atom. The van der Waals surface area contributed by atoms with Gasteiger partial charge >= 0.3 is 6.85 Å². The minimum Gasteiger partial charge on any atom is -0.376 e. The van der Waals surface area contributed by atoms with Crippen LogP contribution in [0.4, 0.5) is 11.4 Å². The van der Waals surface area contributed by atoms with Crippen molar-refractivity contribution in [1.29, 1.82) is 0 Å². The number of fused-ring (bicyclic) bond motifs is 15. The van der Waals surface area contributed by atoms with E-state index in [0.29, 0.717) is 0 Å². The smallest absolute Gasteiger partial charge is 0.333 e. The molecule has 66 heavy (non-hydrogen) atoms. The topological polar surface area (TPSA) is 26.0 Å². The Hall–Kier alpha value is -7.45. The molecule has 4 nitrogen and oxygen atoms in total. The van der Waals surface area contributed by atoms with Crippen molar-refractivity contribution < 1.29 is 0 Å². The zero-order chi connectivity index (χ0) is 43.6. The van der Waals surface area contributed by atoms with E-state index in [1.807, 2.05) is 22.7 Å². The molecule has 6 heterocycles. The SMILES string of the molecule is CC(C)(C)c1ccc(N2B3c4cc5nc(-c6ccccc6)n(-c6ccccc6)c5cc4-n4c5cc6c(cc5c5ccc(c3c54)-c3cc4sc5ccccc5c4cc32)sc2ccccc26)cc1. The van der Waals surface area contributed by atoms with Gasteiger partial charge in [-0.25, -0.2) is 4.98 Å². The maximum Gasteiger partial charge on any atom is 0.333 e. The fourth-order valence-corrected chi connectivity index (χ4v) is 13.7. The van der Waals surface area contributed by atoms with Gasteiger partial charge in [-0.15, -0.1) is 22.7 Å². The molecule has 0 unspecified atom stereocenters. The van der Waals surface area contributed by atoms with E-state index >= 15 is 0 Å². The van der Waals surface area contributed by atoms with Crippen molar-refractivity contribution in [1.82, 2.24) is 14.1 Å². The lowest BCUT2D eigenvalue weighted by Crippen LogP contribution is -2.60. The normalized spacial score (nSPS) is 13.3. The molecule has 15 rings (SSSR count). The van der Waals surface area contributed by atoms with Gasteiger partial charge in [-0.05, 0) is 100 Å². The second-order valence-electron chi connectivity index (χ2n) is 19.1.